The van der Waals surface area contributed by atoms with Gasteiger partial charge in [0.15, 0.2) is 0 Å². The molecule has 3 rings (SSSR count). The van der Waals surface area contributed by atoms with Gasteiger partial charge in [0.2, 0.25) is 0 Å². The van der Waals surface area contributed by atoms with Crippen LogP contribution < -0.4 is 5.32 Å². The van der Waals surface area contributed by atoms with E-state index in [0.29, 0.717) is 5.92 Å². The molecule has 19 heavy (non-hydrogen) atoms. The number of hydrogen-bond donors (Lipinski definition) is 1. The molecule has 1 aliphatic heterocycles. The van der Waals surface area contributed by atoms with Crippen LogP contribution in [0.2, 0.25) is 0 Å². The van der Waals surface area contributed by atoms with Crippen molar-refractivity contribution in [2.24, 2.45) is 0 Å². The minimum Gasteiger partial charge on any atom is -0.317 e. The van der Waals surface area contributed by atoms with Gasteiger partial charge in [0.1, 0.15) is 18.0 Å². The zero-order valence-electron chi connectivity index (χ0n) is 10.7. The summed E-state index contributed by atoms with van der Waals surface area (Å²) in [6.45, 7) is 2.06. The van der Waals surface area contributed by atoms with Crippen molar-refractivity contribution in [1.82, 2.24) is 20.1 Å². The molecular formula is C14H17FN4. The molecule has 1 N–H and O–H groups in total. The molecule has 0 bridgehead atoms. The predicted molar refractivity (Wildman–Crippen MR) is 70.8 cm³/mol. The SMILES string of the molecule is Fc1cccc(-n2ncnc2[C@H]2CCCNCC2)c1. The summed E-state index contributed by atoms with van der Waals surface area (Å²) in [7, 11) is 0. The van der Waals surface area contributed by atoms with Gasteiger partial charge in [-0.3, -0.25) is 0 Å². The van der Waals surface area contributed by atoms with Gasteiger partial charge < -0.3 is 5.32 Å². The second kappa shape index (κ2) is 5.48. The summed E-state index contributed by atoms with van der Waals surface area (Å²) in [5, 5.41) is 7.64. The summed E-state index contributed by atoms with van der Waals surface area (Å²) in [6, 6.07) is 6.49. The Morgan fingerprint density at radius 2 is 2.21 bits per heavy atom. The average Bonchev–Trinajstić information content (AvgIpc) is 2.75. The monoisotopic (exact) mass is 260 g/mol. The first-order valence-electron chi connectivity index (χ1n) is 6.71. The second-order valence-corrected chi connectivity index (χ2v) is 4.89. The Morgan fingerprint density at radius 1 is 1.26 bits per heavy atom. The van der Waals surface area contributed by atoms with Gasteiger partial charge in [0, 0.05) is 5.92 Å². The third-order valence-corrected chi connectivity index (χ3v) is 3.57. The van der Waals surface area contributed by atoms with Crippen molar-refractivity contribution in [1.29, 1.82) is 0 Å². The summed E-state index contributed by atoms with van der Waals surface area (Å²) in [6.07, 6.45) is 4.84. The first kappa shape index (κ1) is 12.3. The highest BCUT2D eigenvalue weighted by Gasteiger charge is 2.20. The Labute approximate surface area is 111 Å². The van der Waals surface area contributed by atoms with E-state index in [-0.39, 0.29) is 5.82 Å². The third kappa shape index (κ3) is 2.66. The normalized spacial score (nSPS) is 20.2. The number of nitrogens with zero attached hydrogens (tertiary/aromatic N) is 3. The van der Waals surface area contributed by atoms with Crippen LogP contribution in [-0.2, 0) is 0 Å². The molecule has 1 aromatic carbocycles. The summed E-state index contributed by atoms with van der Waals surface area (Å²) in [5.74, 6) is 1.08. The molecule has 1 saturated heterocycles. The number of halogens is 1. The van der Waals surface area contributed by atoms with Crippen LogP contribution in [0.3, 0.4) is 0 Å². The molecule has 1 fully saturated rings. The molecule has 0 saturated carbocycles. The van der Waals surface area contributed by atoms with Crippen molar-refractivity contribution >= 4 is 0 Å². The molecule has 1 aromatic heterocycles. The van der Waals surface area contributed by atoms with E-state index >= 15 is 0 Å². The quantitative estimate of drug-likeness (QED) is 0.900. The Kier molecular flexibility index (Phi) is 3.55. The minimum absolute atomic E-state index is 0.249. The van der Waals surface area contributed by atoms with Crippen molar-refractivity contribution in [3.63, 3.8) is 0 Å². The first-order valence-corrected chi connectivity index (χ1v) is 6.71. The average molecular weight is 260 g/mol. The van der Waals surface area contributed by atoms with Crippen LogP contribution >= 0.6 is 0 Å². The van der Waals surface area contributed by atoms with Crippen LogP contribution in [0, 0.1) is 5.82 Å². The highest BCUT2D eigenvalue weighted by Crippen LogP contribution is 2.26. The zero-order valence-corrected chi connectivity index (χ0v) is 10.7. The lowest BCUT2D eigenvalue weighted by Gasteiger charge is -2.14. The molecule has 1 atom stereocenters. The van der Waals surface area contributed by atoms with Crippen LogP contribution in [0.5, 0.6) is 0 Å². The minimum atomic E-state index is -0.249. The molecule has 4 nitrogen and oxygen atoms in total. The summed E-state index contributed by atoms with van der Waals surface area (Å²) >= 11 is 0. The van der Waals surface area contributed by atoms with Crippen LogP contribution in [0.25, 0.3) is 5.69 Å². The molecule has 2 heterocycles. The predicted octanol–water partition coefficient (Wildman–Crippen LogP) is 2.26. The molecule has 100 valence electrons. The fraction of sp³-hybridized carbons (Fsp3) is 0.429. The molecule has 0 spiro atoms. The molecule has 0 aliphatic carbocycles. The van der Waals surface area contributed by atoms with E-state index in [1.54, 1.807) is 17.1 Å². The fourth-order valence-corrected chi connectivity index (χ4v) is 2.61. The van der Waals surface area contributed by atoms with Gasteiger partial charge in [-0.25, -0.2) is 14.1 Å². The standard InChI is InChI=1S/C14H17FN4/c15-12-4-1-5-13(9-12)19-14(17-10-18-19)11-3-2-7-16-8-6-11/h1,4-5,9-11,16H,2-3,6-8H2/t11-/m0/s1. The van der Waals surface area contributed by atoms with E-state index in [4.69, 9.17) is 0 Å². The van der Waals surface area contributed by atoms with Crippen molar-refractivity contribution in [3.05, 3.63) is 42.2 Å². The van der Waals surface area contributed by atoms with Crippen LogP contribution in [-0.4, -0.2) is 27.9 Å². The number of benzene rings is 1. The number of aromatic nitrogens is 3. The molecule has 1 aliphatic rings. The molecular weight excluding hydrogens is 243 g/mol. The van der Waals surface area contributed by atoms with E-state index in [1.165, 1.54) is 12.1 Å². The first-order chi connectivity index (χ1) is 9.34. The molecule has 0 amide bonds. The lowest BCUT2D eigenvalue weighted by molar-refractivity contribution is 0.556. The van der Waals surface area contributed by atoms with Gasteiger partial charge in [-0.1, -0.05) is 6.07 Å². The van der Waals surface area contributed by atoms with Gasteiger partial charge in [0.25, 0.3) is 0 Å². The number of nitrogens with one attached hydrogen (secondary N) is 1. The third-order valence-electron chi connectivity index (χ3n) is 3.57. The second-order valence-electron chi connectivity index (χ2n) is 4.89. The molecule has 5 heteroatoms. The van der Waals surface area contributed by atoms with Gasteiger partial charge in [-0.05, 0) is 50.6 Å². The Balaban J connectivity index is 1.93. The van der Waals surface area contributed by atoms with Crippen LogP contribution in [0.4, 0.5) is 4.39 Å². The van der Waals surface area contributed by atoms with Crippen molar-refractivity contribution in [2.75, 3.05) is 13.1 Å². The smallest absolute Gasteiger partial charge is 0.138 e. The van der Waals surface area contributed by atoms with E-state index in [2.05, 4.69) is 15.4 Å². The lowest BCUT2D eigenvalue weighted by Crippen LogP contribution is -2.15. The zero-order chi connectivity index (χ0) is 13.1. The van der Waals surface area contributed by atoms with Crippen molar-refractivity contribution < 1.29 is 4.39 Å². The maximum atomic E-state index is 13.3. The largest absolute Gasteiger partial charge is 0.317 e. The summed E-state index contributed by atoms with van der Waals surface area (Å²) in [5.41, 5.74) is 0.740. The summed E-state index contributed by atoms with van der Waals surface area (Å²) in [4.78, 5) is 4.39. The lowest BCUT2D eigenvalue weighted by atomic mass is 10.00. The Morgan fingerprint density at radius 3 is 3.11 bits per heavy atom. The fourth-order valence-electron chi connectivity index (χ4n) is 2.61. The van der Waals surface area contributed by atoms with Crippen LogP contribution in [0.15, 0.2) is 30.6 Å². The summed E-state index contributed by atoms with van der Waals surface area (Å²) < 4.78 is 15.1. The number of rotatable bonds is 2. The highest BCUT2D eigenvalue weighted by atomic mass is 19.1. The van der Waals surface area contributed by atoms with Gasteiger partial charge in [-0.15, -0.1) is 0 Å². The molecule has 2 aromatic rings. The van der Waals surface area contributed by atoms with Gasteiger partial charge in [-0.2, -0.15) is 5.10 Å². The topological polar surface area (TPSA) is 42.7 Å². The van der Waals surface area contributed by atoms with E-state index < -0.39 is 0 Å². The van der Waals surface area contributed by atoms with Crippen molar-refractivity contribution in [2.45, 2.75) is 25.2 Å². The van der Waals surface area contributed by atoms with Gasteiger partial charge in [0.05, 0.1) is 5.69 Å². The Hall–Kier alpha value is -1.75. The highest BCUT2D eigenvalue weighted by molar-refractivity contribution is 5.32. The Bertz CT molecular complexity index is 544. The van der Waals surface area contributed by atoms with E-state index in [0.717, 1.165) is 43.9 Å². The number of hydrogen-bond acceptors (Lipinski definition) is 3. The van der Waals surface area contributed by atoms with E-state index in [1.807, 2.05) is 6.07 Å². The van der Waals surface area contributed by atoms with Gasteiger partial charge >= 0.3 is 0 Å². The van der Waals surface area contributed by atoms with Crippen molar-refractivity contribution in [3.8, 4) is 5.69 Å². The molecule has 0 radical (unpaired) electrons. The maximum absolute atomic E-state index is 13.3. The maximum Gasteiger partial charge on any atom is 0.138 e. The van der Waals surface area contributed by atoms with E-state index in [9.17, 15) is 4.39 Å². The van der Waals surface area contributed by atoms with Crippen LogP contribution in [0.1, 0.15) is 31.0 Å². The molecule has 0 unspecified atom stereocenters.